The molecule has 0 saturated carbocycles. The Bertz CT molecular complexity index is 3910. The van der Waals surface area contributed by atoms with E-state index in [2.05, 4.69) is 252 Å². The summed E-state index contributed by atoms with van der Waals surface area (Å²) in [5.74, 6) is 0. The van der Waals surface area contributed by atoms with Gasteiger partial charge in [-0.25, -0.2) is 0 Å². The average molecular weight is 855 g/mol. The van der Waals surface area contributed by atoms with Crippen LogP contribution in [0.3, 0.4) is 0 Å². The number of aromatic nitrogens is 1. The standard InChI is InChI=1S/C64H42N2O/c1-2-18-55-45(12-1)13-11-22-56(55)46-30-37-53(38-31-46)65(52-35-28-44(29-36-52)50-32-39-60-59-21-5-8-25-63(59)67-64(60)42-50)51-33-26-43(27-34-51)47-14-9-15-48(40-47)49-16-10-17-54(41-49)66-61-23-6-3-19-57(61)58-20-4-7-24-62(58)66/h1-42H. The fraction of sp³-hybridized carbons (Fsp3) is 0. The lowest BCUT2D eigenvalue weighted by Crippen LogP contribution is -2.09. The number of hydrogen-bond acceptors (Lipinski definition) is 2. The van der Waals surface area contributed by atoms with Crippen LogP contribution in [-0.4, -0.2) is 4.57 Å². The second kappa shape index (κ2) is 16.0. The molecule has 0 N–H and O–H groups in total. The highest BCUT2D eigenvalue weighted by Gasteiger charge is 2.17. The van der Waals surface area contributed by atoms with Gasteiger partial charge in [0.15, 0.2) is 0 Å². The van der Waals surface area contributed by atoms with E-state index in [9.17, 15) is 0 Å². The smallest absolute Gasteiger partial charge is 0.136 e. The summed E-state index contributed by atoms with van der Waals surface area (Å²) in [5.41, 5.74) is 18.0. The van der Waals surface area contributed by atoms with Crippen LogP contribution in [0.2, 0.25) is 0 Å². The third-order valence-electron chi connectivity index (χ3n) is 13.4. The van der Waals surface area contributed by atoms with Gasteiger partial charge < -0.3 is 13.9 Å². The molecule has 0 fully saturated rings. The molecular weight excluding hydrogens is 813 g/mol. The van der Waals surface area contributed by atoms with E-state index in [0.29, 0.717) is 0 Å². The van der Waals surface area contributed by atoms with Crippen LogP contribution in [0, 0.1) is 0 Å². The Labute approximate surface area is 388 Å². The molecule has 3 heteroatoms. The highest BCUT2D eigenvalue weighted by Crippen LogP contribution is 2.40. The number of fused-ring (bicyclic) bond motifs is 7. The van der Waals surface area contributed by atoms with E-state index in [1.165, 1.54) is 60.4 Å². The number of para-hydroxylation sites is 3. The summed E-state index contributed by atoms with van der Waals surface area (Å²) in [6.45, 7) is 0. The van der Waals surface area contributed by atoms with Crippen LogP contribution >= 0.6 is 0 Å². The molecule has 0 atom stereocenters. The molecule has 67 heavy (non-hydrogen) atoms. The van der Waals surface area contributed by atoms with E-state index in [-0.39, 0.29) is 0 Å². The molecular formula is C64H42N2O. The zero-order chi connectivity index (χ0) is 44.3. The maximum absolute atomic E-state index is 6.26. The van der Waals surface area contributed by atoms with Crippen molar-refractivity contribution in [2.24, 2.45) is 0 Å². The van der Waals surface area contributed by atoms with Crippen LogP contribution in [0.15, 0.2) is 259 Å². The Morgan fingerprint density at radius 2 is 0.746 bits per heavy atom. The molecule has 0 bridgehead atoms. The van der Waals surface area contributed by atoms with Gasteiger partial charge in [-0.15, -0.1) is 0 Å². The van der Waals surface area contributed by atoms with E-state index in [1.54, 1.807) is 0 Å². The maximum atomic E-state index is 6.26. The van der Waals surface area contributed by atoms with E-state index in [0.717, 1.165) is 61.4 Å². The summed E-state index contributed by atoms with van der Waals surface area (Å²) < 4.78 is 8.65. The SMILES string of the molecule is c1cc(-c2ccc(N(c3ccc(-c4ccc5c(c4)oc4ccccc45)cc3)c3ccc(-c4cccc5ccccc45)cc3)cc2)cc(-c2cccc(-n3c4ccccc4c4ccccc43)c2)c1. The highest BCUT2D eigenvalue weighted by atomic mass is 16.3. The molecule has 2 aromatic heterocycles. The van der Waals surface area contributed by atoms with Gasteiger partial charge >= 0.3 is 0 Å². The first-order valence-corrected chi connectivity index (χ1v) is 22.9. The maximum Gasteiger partial charge on any atom is 0.136 e. The van der Waals surface area contributed by atoms with Crippen LogP contribution in [-0.2, 0) is 0 Å². The summed E-state index contributed by atoms with van der Waals surface area (Å²) in [4.78, 5) is 2.35. The van der Waals surface area contributed by atoms with Gasteiger partial charge in [-0.1, -0.05) is 170 Å². The Morgan fingerprint density at radius 1 is 0.284 bits per heavy atom. The number of rotatable bonds is 8. The van der Waals surface area contributed by atoms with Crippen molar-refractivity contribution in [3.63, 3.8) is 0 Å². The van der Waals surface area contributed by atoms with Gasteiger partial charge in [0.05, 0.1) is 11.0 Å². The largest absolute Gasteiger partial charge is 0.456 e. The first-order valence-electron chi connectivity index (χ1n) is 22.9. The minimum Gasteiger partial charge on any atom is -0.456 e. The van der Waals surface area contributed by atoms with Crippen molar-refractivity contribution in [2.75, 3.05) is 4.90 Å². The molecule has 0 unspecified atom stereocenters. The van der Waals surface area contributed by atoms with Crippen molar-refractivity contribution in [3.8, 4) is 50.2 Å². The van der Waals surface area contributed by atoms with E-state index < -0.39 is 0 Å². The molecule has 314 valence electrons. The summed E-state index contributed by atoms with van der Waals surface area (Å²) >= 11 is 0. The molecule has 0 saturated heterocycles. The molecule has 0 aliphatic heterocycles. The Hall–Kier alpha value is -8.92. The minimum atomic E-state index is 0.897. The van der Waals surface area contributed by atoms with E-state index >= 15 is 0 Å². The van der Waals surface area contributed by atoms with Crippen molar-refractivity contribution in [1.82, 2.24) is 4.57 Å². The molecule has 0 radical (unpaired) electrons. The summed E-state index contributed by atoms with van der Waals surface area (Å²) in [6.07, 6.45) is 0. The second-order valence-corrected chi connectivity index (χ2v) is 17.3. The lowest BCUT2D eigenvalue weighted by Gasteiger charge is -2.26. The number of anilines is 3. The normalized spacial score (nSPS) is 11.6. The van der Waals surface area contributed by atoms with E-state index in [4.69, 9.17) is 4.42 Å². The van der Waals surface area contributed by atoms with Crippen molar-refractivity contribution >= 4 is 71.6 Å². The predicted octanol–water partition coefficient (Wildman–Crippen LogP) is 18.0. The van der Waals surface area contributed by atoms with Crippen LogP contribution in [0.1, 0.15) is 0 Å². The molecule has 3 nitrogen and oxygen atoms in total. The average Bonchev–Trinajstić information content (AvgIpc) is 3.95. The summed E-state index contributed by atoms with van der Waals surface area (Å²) in [7, 11) is 0. The zero-order valence-electron chi connectivity index (χ0n) is 36.6. The van der Waals surface area contributed by atoms with Crippen molar-refractivity contribution < 1.29 is 4.42 Å². The molecule has 0 aliphatic carbocycles. The van der Waals surface area contributed by atoms with Gasteiger partial charge in [0, 0.05) is 44.3 Å². The number of benzene rings is 11. The number of furan rings is 1. The van der Waals surface area contributed by atoms with Crippen molar-refractivity contribution in [1.29, 1.82) is 0 Å². The second-order valence-electron chi connectivity index (χ2n) is 17.3. The number of hydrogen-bond donors (Lipinski definition) is 0. The van der Waals surface area contributed by atoms with Crippen LogP contribution < -0.4 is 4.90 Å². The van der Waals surface area contributed by atoms with Gasteiger partial charge in [0.2, 0.25) is 0 Å². The fourth-order valence-corrected chi connectivity index (χ4v) is 10.1. The van der Waals surface area contributed by atoms with Crippen molar-refractivity contribution in [2.45, 2.75) is 0 Å². The third kappa shape index (κ3) is 6.76. The molecule has 13 aromatic rings. The van der Waals surface area contributed by atoms with Crippen LogP contribution in [0.4, 0.5) is 17.1 Å². The molecule has 0 spiro atoms. The Morgan fingerprint density at radius 3 is 1.42 bits per heavy atom. The first-order chi connectivity index (χ1) is 33.2. The molecule has 0 amide bonds. The topological polar surface area (TPSA) is 21.3 Å². The predicted molar refractivity (Wildman–Crippen MR) is 282 cm³/mol. The van der Waals surface area contributed by atoms with Gasteiger partial charge in [0.1, 0.15) is 11.2 Å². The van der Waals surface area contributed by atoms with Gasteiger partial charge in [-0.3, -0.25) is 0 Å². The number of nitrogens with zero attached hydrogens (tertiary/aromatic N) is 2. The summed E-state index contributed by atoms with van der Waals surface area (Å²) in [5, 5.41) is 7.29. The lowest BCUT2D eigenvalue weighted by molar-refractivity contribution is 0.669. The monoisotopic (exact) mass is 854 g/mol. The molecule has 13 rings (SSSR count). The fourth-order valence-electron chi connectivity index (χ4n) is 10.1. The lowest BCUT2D eigenvalue weighted by atomic mass is 9.97. The third-order valence-corrected chi connectivity index (χ3v) is 13.4. The highest BCUT2D eigenvalue weighted by molar-refractivity contribution is 6.09. The van der Waals surface area contributed by atoms with Gasteiger partial charge in [-0.2, -0.15) is 0 Å². The molecule has 0 aliphatic rings. The molecule has 11 aromatic carbocycles. The van der Waals surface area contributed by atoms with Gasteiger partial charge in [-0.05, 0) is 140 Å². The minimum absolute atomic E-state index is 0.897. The van der Waals surface area contributed by atoms with E-state index in [1.807, 2.05) is 12.1 Å². The Kier molecular flexibility index (Phi) is 9.17. The quantitative estimate of drug-likeness (QED) is 0.152. The molecule has 2 heterocycles. The Balaban J connectivity index is 0.848. The summed E-state index contributed by atoms with van der Waals surface area (Å²) in [6, 6.07) is 91.9. The van der Waals surface area contributed by atoms with Crippen molar-refractivity contribution in [3.05, 3.63) is 255 Å². The first kappa shape index (κ1) is 38.5. The van der Waals surface area contributed by atoms with Crippen LogP contribution in [0.25, 0.3) is 105 Å². The zero-order valence-corrected chi connectivity index (χ0v) is 36.6. The van der Waals surface area contributed by atoms with Gasteiger partial charge in [0.25, 0.3) is 0 Å². The van der Waals surface area contributed by atoms with Crippen LogP contribution in [0.5, 0.6) is 0 Å².